The van der Waals surface area contributed by atoms with Crippen LogP contribution in [0.15, 0.2) is 81.7 Å². The Morgan fingerprint density at radius 1 is 0.571 bits per heavy atom. The van der Waals surface area contributed by atoms with E-state index in [-0.39, 0.29) is 35.4 Å². The first-order valence-electron chi connectivity index (χ1n) is 13.5. The van der Waals surface area contributed by atoms with E-state index < -0.39 is 0 Å². The molecule has 4 heterocycles. The topological polar surface area (TPSA) is 35.6 Å². The Morgan fingerprint density at radius 3 is 1.33 bits per heavy atom. The maximum Gasteiger partial charge on any atom is 0.139 e. The van der Waals surface area contributed by atoms with Crippen LogP contribution in [0, 0.1) is 23.3 Å². The monoisotopic (exact) mass is 696 g/mol. The molecule has 8 rings (SSSR count). The molecular weight excluding hydrogens is 676 g/mol. The molecule has 0 spiro atoms. The van der Waals surface area contributed by atoms with E-state index >= 15 is 0 Å². The molecule has 0 fully saturated rings. The quantitative estimate of drug-likeness (QED) is 0.169. The van der Waals surface area contributed by atoms with Gasteiger partial charge in [-0.1, -0.05) is 24.3 Å². The van der Waals surface area contributed by atoms with Crippen LogP contribution >= 0.6 is 31.9 Å². The van der Waals surface area contributed by atoms with Gasteiger partial charge in [-0.3, -0.25) is 0 Å². The third kappa shape index (κ3) is 4.74. The smallest absolute Gasteiger partial charge is 0.139 e. The zero-order chi connectivity index (χ0) is 29.1. The van der Waals surface area contributed by atoms with Crippen LogP contribution in [0.5, 0.6) is 0 Å². The minimum Gasteiger partial charge on any atom is -0.320 e. The molecule has 0 saturated carbocycles. The highest BCUT2D eigenvalue weighted by molar-refractivity contribution is 9.10. The molecule has 42 heavy (non-hydrogen) atoms. The van der Waals surface area contributed by atoms with E-state index in [4.69, 9.17) is 0 Å². The molecule has 2 aliphatic rings. The molecule has 10 heteroatoms. The molecule has 2 aromatic heterocycles. The van der Waals surface area contributed by atoms with Gasteiger partial charge < -0.3 is 9.13 Å². The highest BCUT2D eigenvalue weighted by Gasteiger charge is 2.29. The Morgan fingerprint density at radius 2 is 0.952 bits per heavy atom. The average molecular weight is 698 g/mol. The molecule has 4 aromatic carbocycles. The summed E-state index contributed by atoms with van der Waals surface area (Å²) >= 11 is 6.46. The van der Waals surface area contributed by atoms with Crippen LogP contribution in [0.3, 0.4) is 0 Å². The summed E-state index contributed by atoms with van der Waals surface area (Å²) in [7, 11) is 0. The fourth-order valence-corrected chi connectivity index (χ4v) is 6.78. The van der Waals surface area contributed by atoms with Crippen LogP contribution in [0.4, 0.5) is 17.6 Å². The van der Waals surface area contributed by atoms with Crippen LogP contribution in [0.2, 0.25) is 0 Å². The van der Waals surface area contributed by atoms with Gasteiger partial charge in [0.2, 0.25) is 0 Å². The van der Waals surface area contributed by atoms with Gasteiger partial charge in [-0.15, -0.1) is 0 Å². The highest BCUT2D eigenvalue weighted by Crippen LogP contribution is 2.38. The van der Waals surface area contributed by atoms with E-state index in [2.05, 4.69) is 51.0 Å². The molecule has 2 aliphatic heterocycles. The normalized spacial score (nSPS) is 17.4. The summed E-state index contributed by atoms with van der Waals surface area (Å²) in [5.41, 5.74) is 5.25. The molecule has 0 radical (unpaired) electrons. The van der Waals surface area contributed by atoms with Crippen LogP contribution in [0.25, 0.3) is 22.1 Å². The highest BCUT2D eigenvalue weighted by atomic mass is 79.9. The number of rotatable bonds is 2. The Labute approximate surface area is 255 Å². The van der Waals surface area contributed by atoms with Gasteiger partial charge in [0.1, 0.15) is 34.9 Å². The van der Waals surface area contributed by atoms with Gasteiger partial charge in [0.25, 0.3) is 0 Å². The second-order valence-electron chi connectivity index (χ2n) is 10.5. The number of aryl methyl sites for hydroxylation is 2. The molecule has 0 amide bonds. The van der Waals surface area contributed by atoms with E-state index in [0.29, 0.717) is 20.0 Å². The first kappa shape index (κ1) is 27.3. The third-order valence-electron chi connectivity index (χ3n) is 8.02. The van der Waals surface area contributed by atoms with Gasteiger partial charge in [0.15, 0.2) is 0 Å². The van der Waals surface area contributed by atoms with Crippen LogP contribution in [0.1, 0.15) is 47.7 Å². The van der Waals surface area contributed by atoms with Crippen molar-refractivity contribution in [3.8, 4) is 0 Å². The van der Waals surface area contributed by atoms with Gasteiger partial charge >= 0.3 is 0 Å². The van der Waals surface area contributed by atoms with E-state index in [0.717, 1.165) is 59.5 Å². The van der Waals surface area contributed by atoms with Gasteiger partial charge in [-0.2, -0.15) is 0 Å². The molecular formula is C32H22Br2F4N4. The molecule has 0 N–H and O–H groups in total. The zero-order valence-corrected chi connectivity index (χ0v) is 25.1. The average Bonchev–Trinajstić information content (AvgIpc) is 3.73. The Bertz CT molecular complexity index is 1820. The Balaban J connectivity index is 0.000000137. The first-order valence-corrected chi connectivity index (χ1v) is 15.1. The lowest BCUT2D eigenvalue weighted by molar-refractivity contribution is 0.612. The summed E-state index contributed by atoms with van der Waals surface area (Å²) < 4.78 is 58.6. The van der Waals surface area contributed by atoms with Crippen LogP contribution in [-0.4, -0.2) is 19.1 Å². The maximum absolute atomic E-state index is 13.6. The number of hydrogen-bond acceptors (Lipinski definition) is 2. The largest absolute Gasteiger partial charge is 0.320 e. The summed E-state index contributed by atoms with van der Waals surface area (Å²) in [6.45, 7) is 0. The van der Waals surface area contributed by atoms with Crippen molar-refractivity contribution < 1.29 is 17.6 Å². The molecule has 2 atom stereocenters. The van der Waals surface area contributed by atoms with Crippen molar-refractivity contribution in [3.63, 3.8) is 0 Å². The second-order valence-corrected chi connectivity index (χ2v) is 12.2. The van der Waals surface area contributed by atoms with Crippen molar-refractivity contribution in [1.82, 2.24) is 19.1 Å². The minimum atomic E-state index is -0.308. The van der Waals surface area contributed by atoms with Crippen molar-refractivity contribution in [2.45, 2.75) is 37.8 Å². The number of nitrogens with zero attached hydrogens (tertiary/aromatic N) is 4. The van der Waals surface area contributed by atoms with Gasteiger partial charge in [0.05, 0.1) is 43.1 Å². The van der Waals surface area contributed by atoms with Gasteiger partial charge in [0, 0.05) is 25.0 Å². The summed E-state index contributed by atoms with van der Waals surface area (Å²) in [5, 5.41) is 0. The molecule has 6 aromatic rings. The Hall–Kier alpha value is -3.50. The number of aromatic nitrogens is 4. The summed E-state index contributed by atoms with van der Waals surface area (Å²) in [6.07, 6.45) is 3.55. The van der Waals surface area contributed by atoms with Gasteiger partial charge in [-0.05, 0) is 92.2 Å². The van der Waals surface area contributed by atoms with Crippen molar-refractivity contribution in [1.29, 1.82) is 0 Å². The standard InChI is InChI=1S/2C16H11BrF2N2/c2*17-11-7-15-13(8-12(11)19)20-16-6-5-14(21(15)16)9-1-3-10(18)4-2-9/h2*1-4,7-8,14H,5-6H2/t2*14-/m10/s1. The SMILES string of the molecule is Fc1ccc([C@@H]2CCc3nc4cc(F)c(Br)cc4n32)cc1.Fc1ccc([C@H]2CCc3nc4cc(F)c(Br)cc4n32)cc1. The van der Waals surface area contributed by atoms with Crippen molar-refractivity contribution >= 4 is 53.9 Å². The second kappa shape index (κ2) is 10.6. The zero-order valence-electron chi connectivity index (χ0n) is 22.0. The molecule has 0 saturated heterocycles. The minimum absolute atomic E-state index is 0.128. The maximum atomic E-state index is 13.6. The van der Waals surface area contributed by atoms with Crippen LogP contribution < -0.4 is 0 Å². The summed E-state index contributed by atoms with van der Waals surface area (Å²) in [6, 6.07) is 19.8. The van der Waals surface area contributed by atoms with E-state index in [1.165, 1.54) is 36.4 Å². The van der Waals surface area contributed by atoms with E-state index in [9.17, 15) is 17.6 Å². The molecule has 212 valence electrons. The third-order valence-corrected chi connectivity index (χ3v) is 9.24. The lowest BCUT2D eigenvalue weighted by Gasteiger charge is -2.15. The van der Waals surface area contributed by atoms with Crippen molar-refractivity contribution in [3.05, 3.63) is 128 Å². The Kier molecular flexibility index (Phi) is 6.93. The van der Waals surface area contributed by atoms with E-state index in [1.54, 1.807) is 36.4 Å². The summed E-state index contributed by atoms with van der Waals surface area (Å²) in [5.74, 6) is 0.818. The molecule has 4 nitrogen and oxygen atoms in total. The van der Waals surface area contributed by atoms with E-state index in [1.807, 2.05) is 0 Å². The summed E-state index contributed by atoms with van der Waals surface area (Å²) in [4.78, 5) is 9.03. The van der Waals surface area contributed by atoms with Crippen molar-refractivity contribution in [2.75, 3.05) is 0 Å². The molecule has 0 aliphatic carbocycles. The first-order chi connectivity index (χ1) is 20.3. The number of imidazole rings is 2. The number of benzene rings is 4. The lowest BCUT2D eigenvalue weighted by Crippen LogP contribution is -2.05. The van der Waals surface area contributed by atoms with Gasteiger partial charge in [-0.25, -0.2) is 27.5 Å². The van der Waals surface area contributed by atoms with Crippen molar-refractivity contribution in [2.24, 2.45) is 0 Å². The fraction of sp³-hybridized carbons (Fsp3) is 0.188. The molecule has 0 unspecified atom stereocenters. The number of fused-ring (bicyclic) bond motifs is 6. The molecule has 0 bridgehead atoms. The number of halogens is 6. The van der Waals surface area contributed by atoms with Crippen LogP contribution in [-0.2, 0) is 12.8 Å². The predicted molar refractivity (Wildman–Crippen MR) is 161 cm³/mol. The number of hydrogen-bond donors (Lipinski definition) is 0. The lowest BCUT2D eigenvalue weighted by atomic mass is 10.0. The fourth-order valence-electron chi connectivity index (χ4n) is 6.12. The predicted octanol–water partition coefficient (Wildman–Crippen LogP) is 9.23.